The van der Waals surface area contributed by atoms with Gasteiger partial charge in [0.25, 0.3) is 0 Å². The lowest BCUT2D eigenvalue weighted by atomic mass is 10.1. The first-order valence-corrected chi connectivity index (χ1v) is 5.08. The summed E-state index contributed by atoms with van der Waals surface area (Å²) in [5.41, 5.74) is 5.17. The standard InChI is InChI=1S/C10H20N2O2/c1-4-5-6-8(9(11)13)12-10(14)7(2)3/h7-8H,4-6H2,1-3H3,(H2,11,13)(H,12,14)/t8-/m0/s1. The molecular formula is C10H20N2O2. The minimum atomic E-state index is -0.509. The number of nitrogens with one attached hydrogen (secondary N) is 1. The molecule has 0 unspecified atom stereocenters. The van der Waals surface area contributed by atoms with Crippen molar-refractivity contribution >= 4 is 11.8 Å². The maximum atomic E-state index is 11.3. The van der Waals surface area contributed by atoms with Crippen molar-refractivity contribution in [2.24, 2.45) is 11.7 Å². The molecule has 4 nitrogen and oxygen atoms in total. The Balaban J connectivity index is 4.09. The monoisotopic (exact) mass is 200 g/mol. The summed E-state index contributed by atoms with van der Waals surface area (Å²) >= 11 is 0. The number of rotatable bonds is 6. The van der Waals surface area contributed by atoms with Crippen LogP contribution in [-0.2, 0) is 9.59 Å². The molecule has 0 aromatic rings. The van der Waals surface area contributed by atoms with E-state index < -0.39 is 11.9 Å². The molecule has 0 aromatic heterocycles. The molecule has 0 fully saturated rings. The lowest BCUT2D eigenvalue weighted by Gasteiger charge is -2.16. The first-order chi connectivity index (χ1) is 6.49. The van der Waals surface area contributed by atoms with Gasteiger partial charge < -0.3 is 11.1 Å². The van der Waals surface area contributed by atoms with Crippen molar-refractivity contribution in [3.63, 3.8) is 0 Å². The van der Waals surface area contributed by atoms with Gasteiger partial charge in [-0.2, -0.15) is 0 Å². The van der Waals surface area contributed by atoms with Crippen LogP contribution in [0.5, 0.6) is 0 Å². The molecule has 0 bridgehead atoms. The van der Waals surface area contributed by atoms with Crippen LogP contribution in [0.1, 0.15) is 40.0 Å². The smallest absolute Gasteiger partial charge is 0.239 e. The Morgan fingerprint density at radius 1 is 1.36 bits per heavy atom. The van der Waals surface area contributed by atoms with Gasteiger partial charge >= 0.3 is 0 Å². The molecule has 4 heteroatoms. The molecule has 3 N–H and O–H groups in total. The molecule has 0 aliphatic carbocycles. The van der Waals surface area contributed by atoms with Gasteiger partial charge in [-0.3, -0.25) is 9.59 Å². The van der Waals surface area contributed by atoms with Gasteiger partial charge in [0, 0.05) is 5.92 Å². The molecule has 0 saturated heterocycles. The van der Waals surface area contributed by atoms with E-state index in [0.29, 0.717) is 6.42 Å². The van der Waals surface area contributed by atoms with E-state index in [1.807, 2.05) is 6.92 Å². The molecule has 0 rings (SSSR count). The third kappa shape index (κ3) is 4.84. The van der Waals surface area contributed by atoms with Crippen LogP contribution >= 0.6 is 0 Å². The van der Waals surface area contributed by atoms with Crippen molar-refractivity contribution in [1.29, 1.82) is 0 Å². The molecule has 0 radical (unpaired) electrons. The topological polar surface area (TPSA) is 72.2 Å². The van der Waals surface area contributed by atoms with Crippen LogP contribution in [0.2, 0.25) is 0 Å². The van der Waals surface area contributed by atoms with Crippen molar-refractivity contribution in [3.8, 4) is 0 Å². The number of hydrogen-bond acceptors (Lipinski definition) is 2. The Kier molecular flexibility index (Phi) is 5.92. The second-order valence-electron chi connectivity index (χ2n) is 3.76. The number of unbranched alkanes of at least 4 members (excludes halogenated alkanes) is 1. The Hall–Kier alpha value is -1.06. The van der Waals surface area contributed by atoms with Crippen LogP contribution in [0.4, 0.5) is 0 Å². The van der Waals surface area contributed by atoms with E-state index in [1.54, 1.807) is 13.8 Å². The van der Waals surface area contributed by atoms with Crippen molar-refractivity contribution in [2.45, 2.75) is 46.1 Å². The zero-order valence-electron chi connectivity index (χ0n) is 9.17. The quantitative estimate of drug-likeness (QED) is 0.665. The second kappa shape index (κ2) is 6.40. The summed E-state index contributed by atoms with van der Waals surface area (Å²) in [6.45, 7) is 5.60. The highest BCUT2D eigenvalue weighted by Crippen LogP contribution is 2.01. The van der Waals surface area contributed by atoms with Gasteiger partial charge in [-0.05, 0) is 6.42 Å². The molecule has 0 heterocycles. The van der Waals surface area contributed by atoms with E-state index >= 15 is 0 Å². The minimum Gasteiger partial charge on any atom is -0.368 e. The van der Waals surface area contributed by atoms with Crippen LogP contribution in [0, 0.1) is 5.92 Å². The average Bonchev–Trinajstić information content (AvgIpc) is 2.10. The number of hydrogen-bond donors (Lipinski definition) is 2. The molecular weight excluding hydrogens is 180 g/mol. The highest BCUT2D eigenvalue weighted by Gasteiger charge is 2.18. The molecule has 2 amide bonds. The summed E-state index contributed by atoms with van der Waals surface area (Å²) in [7, 11) is 0. The van der Waals surface area contributed by atoms with Crippen LogP contribution in [0.15, 0.2) is 0 Å². The van der Waals surface area contributed by atoms with E-state index in [0.717, 1.165) is 12.8 Å². The number of carbonyl (C=O) groups excluding carboxylic acids is 2. The largest absolute Gasteiger partial charge is 0.368 e. The van der Waals surface area contributed by atoms with E-state index in [9.17, 15) is 9.59 Å². The SMILES string of the molecule is CCCC[C@H](NC(=O)C(C)C)C(N)=O. The highest BCUT2D eigenvalue weighted by molar-refractivity contribution is 5.87. The maximum absolute atomic E-state index is 11.3. The Morgan fingerprint density at radius 3 is 2.29 bits per heavy atom. The number of primary amides is 1. The number of nitrogens with two attached hydrogens (primary N) is 1. The molecule has 82 valence electrons. The van der Waals surface area contributed by atoms with Crippen LogP contribution in [0.25, 0.3) is 0 Å². The second-order valence-corrected chi connectivity index (χ2v) is 3.76. The van der Waals surface area contributed by atoms with Crippen LogP contribution in [-0.4, -0.2) is 17.9 Å². The summed E-state index contributed by atoms with van der Waals surface area (Å²) in [5, 5.41) is 2.64. The predicted octanol–water partition coefficient (Wildman–Crippen LogP) is 0.803. The van der Waals surface area contributed by atoms with E-state index in [-0.39, 0.29) is 11.8 Å². The van der Waals surface area contributed by atoms with E-state index in [1.165, 1.54) is 0 Å². The minimum absolute atomic E-state index is 0.113. The fourth-order valence-corrected chi connectivity index (χ4v) is 1.03. The van der Waals surface area contributed by atoms with Crippen LogP contribution < -0.4 is 11.1 Å². The van der Waals surface area contributed by atoms with Gasteiger partial charge in [-0.25, -0.2) is 0 Å². The molecule has 14 heavy (non-hydrogen) atoms. The summed E-state index contributed by atoms with van der Waals surface area (Å²) in [6, 6.07) is -0.509. The molecule has 0 aliphatic rings. The van der Waals surface area contributed by atoms with E-state index in [2.05, 4.69) is 5.32 Å². The number of carbonyl (C=O) groups is 2. The van der Waals surface area contributed by atoms with Crippen molar-refractivity contribution in [3.05, 3.63) is 0 Å². The fourth-order valence-electron chi connectivity index (χ4n) is 1.03. The van der Waals surface area contributed by atoms with Gasteiger partial charge in [-0.1, -0.05) is 33.6 Å². The molecule has 0 saturated carbocycles. The summed E-state index contributed by atoms with van der Waals surface area (Å²) in [4.78, 5) is 22.3. The van der Waals surface area contributed by atoms with Crippen LogP contribution in [0.3, 0.4) is 0 Å². The lowest BCUT2D eigenvalue weighted by Crippen LogP contribution is -2.45. The highest BCUT2D eigenvalue weighted by atomic mass is 16.2. The van der Waals surface area contributed by atoms with E-state index in [4.69, 9.17) is 5.73 Å². The van der Waals surface area contributed by atoms with Gasteiger partial charge in [0.1, 0.15) is 6.04 Å². The summed E-state index contributed by atoms with van der Waals surface area (Å²) < 4.78 is 0. The van der Waals surface area contributed by atoms with Gasteiger partial charge in [0.05, 0.1) is 0 Å². The summed E-state index contributed by atoms with van der Waals surface area (Å²) in [5.74, 6) is -0.684. The molecule has 0 aliphatic heterocycles. The molecule has 1 atom stereocenters. The Bertz CT molecular complexity index is 202. The third-order valence-corrected chi connectivity index (χ3v) is 2.03. The van der Waals surface area contributed by atoms with Gasteiger partial charge in [-0.15, -0.1) is 0 Å². The summed E-state index contributed by atoms with van der Waals surface area (Å²) in [6.07, 6.45) is 2.51. The predicted molar refractivity (Wildman–Crippen MR) is 55.5 cm³/mol. The molecule has 0 spiro atoms. The average molecular weight is 200 g/mol. The first kappa shape index (κ1) is 12.9. The first-order valence-electron chi connectivity index (χ1n) is 5.08. The van der Waals surface area contributed by atoms with Crippen molar-refractivity contribution in [2.75, 3.05) is 0 Å². The third-order valence-electron chi connectivity index (χ3n) is 2.03. The van der Waals surface area contributed by atoms with Crippen molar-refractivity contribution in [1.82, 2.24) is 5.32 Å². The maximum Gasteiger partial charge on any atom is 0.239 e. The number of amides is 2. The zero-order valence-corrected chi connectivity index (χ0v) is 9.17. The molecule has 0 aromatic carbocycles. The Labute approximate surface area is 85.2 Å². The normalized spacial score (nSPS) is 12.6. The Morgan fingerprint density at radius 2 is 1.93 bits per heavy atom. The lowest BCUT2D eigenvalue weighted by molar-refractivity contribution is -0.129. The van der Waals surface area contributed by atoms with Gasteiger partial charge in [0.2, 0.25) is 11.8 Å². The van der Waals surface area contributed by atoms with Crippen molar-refractivity contribution < 1.29 is 9.59 Å². The zero-order chi connectivity index (χ0) is 11.1. The fraction of sp³-hybridized carbons (Fsp3) is 0.800. The van der Waals surface area contributed by atoms with Gasteiger partial charge in [0.15, 0.2) is 0 Å².